The first-order valence-corrected chi connectivity index (χ1v) is 7.87. The maximum Gasteiger partial charge on any atom is 0.239 e. The predicted molar refractivity (Wildman–Crippen MR) is 80.3 cm³/mol. The van der Waals surface area contributed by atoms with E-state index in [2.05, 4.69) is 24.1 Å². The summed E-state index contributed by atoms with van der Waals surface area (Å²) in [7, 11) is 2.06. The molecular formula is C17H22N2O2. The van der Waals surface area contributed by atoms with E-state index in [1.807, 2.05) is 17.0 Å². The van der Waals surface area contributed by atoms with Gasteiger partial charge in [-0.15, -0.1) is 0 Å². The van der Waals surface area contributed by atoms with Gasteiger partial charge in [-0.25, -0.2) is 0 Å². The Kier molecular flexibility index (Phi) is 2.96. The molecule has 1 amide bonds. The zero-order valence-corrected chi connectivity index (χ0v) is 12.5. The second-order valence-electron chi connectivity index (χ2n) is 6.91. The molecule has 3 aliphatic rings. The van der Waals surface area contributed by atoms with Crippen LogP contribution in [0.15, 0.2) is 24.3 Å². The molecule has 0 radical (unpaired) electrons. The third kappa shape index (κ3) is 2.13. The predicted octanol–water partition coefficient (Wildman–Crippen LogP) is 1.54. The lowest BCUT2D eigenvalue weighted by Gasteiger charge is -2.52. The monoisotopic (exact) mass is 286 g/mol. The average molecular weight is 286 g/mol. The van der Waals surface area contributed by atoms with Gasteiger partial charge in [0.2, 0.25) is 5.91 Å². The molecule has 0 saturated carbocycles. The molecule has 4 rings (SSSR count). The van der Waals surface area contributed by atoms with E-state index in [0.29, 0.717) is 5.91 Å². The third-order valence-corrected chi connectivity index (χ3v) is 5.24. The number of nitrogens with zero attached hydrogens (tertiary/aromatic N) is 2. The van der Waals surface area contributed by atoms with E-state index in [1.165, 1.54) is 5.56 Å². The Bertz CT molecular complexity index is 566. The minimum atomic E-state index is 0.110. The van der Waals surface area contributed by atoms with Crippen molar-refractivity contribution in [3.63, 3.8) is 0 Å². The van der Waals surface area contributed by atoms with Crippen molar-refractivity contribution < 1.29 is 9.53 Å². The van der Waals surface area contributed by atoms with E-state index >= 15 is 0 Å². The molecule has 0 unspecified atom stereocenters. The molecule has 2 saturated heterocycles. The van der Waals surface area contributed by atoms with Crippen LogP contribution < -0.4 is 4.74 Å². The Morgan fingerprint density at radius 2 is 2.14 bits per heavy atom. The molecule has 1 aromatic rings. The summed E-state index contributed by atoms with van der Waals surface area (Å²) in [4.78, 5) is 16.8. The number of benzene rings is 1. The number of rotatable bonds is 1. The molecule has 4 nitrogen and oxygen atoms in total. The van der Waals surface area contributed by atoms with Crippen molar-refractivity contribution in [3.05, 3.63) is 29.8 Å². The minimum absolute atomic E-state index is 0.110. The Hall–Kier alpha value is -1.55. The number of hydrogen-bond acceptors (Lipinski definition) is 3. The number of likely N-dealkylation sites (N-methyl/N-ethyl adjacent to an activating group) is 1. The van der Waals surface area contributed by atoms with Crippen LogP contribution in [0.4, 0.5) is 0 Å². The number of ether oxygens (including phenoxy) is 1. The fourth-order valence-electron chi connectivity index (χ4n) is 4.03. The lowest BCUT2D eigenvalue weighted by molar-refractivity contribution is -0.150. The number of para-hydroxylation sites is 1. The number of fused-ring (bicyclic) bond motifs is 1. The van der Waals surface area contributed by atoms with E-state index in [-0.39, 0.29) is 11.5 Å². The molecule has 3 aliphatic heterocycles. The molecule has 0 bridgehead atoms. The van der Waals surface area contributed by atoms with Crippen LogP contribution in [0.3, 0.4) is 0 Å². The van der Waals surface area contributed by atoms with Crippen LogP contribution in [0.25, 0.3) is 0 Å². The van der Waals surface area contributed by atoms with Crippen LogP contribution in [-0.2, 0) is 11.2 Å². The van der Waals surface area contributed by atoms with E-state index in [4.69, 9.17) is 4.74 Å². The molecule has 3 heterocycles. The van der Waals surface area contributed by atoms with Gasteiger partial charge in [0.25, 0.3) is 0 Å². The molecule has 2 fully saturated rings. The SMILES string of the molecule is CN1CCC[C@H]1C(=O)N1CC2(COc3ccccc3C2)C1. The van der Waals surface area contributed by atoms with Gasteiger partial charge in [-0.1, -0.05) is 18.2 Å². The maximum absolute atomic E-state index is 12.6. The van der Waals surface area contributed by atoms with Crippen molar-refractivity contribution in [3.8, 4) is 5.75 Å². The smallest absolute Gasteiger partial charge is 0.239 e. The zero-order valence-electron chi connectivity index (χ0n) is 12.5. The number of amides is 1. The van der Waals surface area contributed by atoms with Crippen LogP contribution >= 0.6 is 0 Å². The lowest BCUT2D eigenvalue weighted by atomic mass is 9.73. The lowest BCUT2D eigenvalue weighted by Crippen LogP contribution is -2.65. The van der Waals surface area contributed by atoms with Gasteiger partial charge in [-0.3, -0.25) is 9.69 Å². The summed E-state index contributed by atoms with van der Waals surface area (Å²) in [5, 5.41) is 0. The van der Waals surface area contributed by atoms with Crippen LogP contribution in [0, 0.1) is 5.41 Å². The normalized spacial score (nSPS) is 27.1. The summed E-state index contributed by atoms with van der Waals surface area (Å²) >= 11 is 0. The molecule has 4 heteroatoms. The second-order valence-corrected chi connectivity index (χ2v) is 6.91. The Morgan fingerprint density at radius 3 is 2.90 bits per heavy atom. The van der Waals surface area contributed by atoms with Gasteiger partial charge < -0.3 is 9.64 Å². The Balaban J connectivity index is 1.42. The molecule has 112 valence electrons. The maximum atomic E-state index is 12.6. The highest BCUT2D eigenvalue weighted by atomic mass is 16.5. The summed E-state index contributed by atoms with van der Waals surface area (Å²) in [6.45, 7) is 3.50. The molecule has 1 atom stereocenters. The summed E-state index contributed by atoms with van der Waals surface area (Å²) in [5.41, 5.74) is 1.44. The van der Waals surface area contributed by atoms with Crippen molar-refractivity contribution in [2.75, 3.05) is 33.3 Å². The highest BCUT2D eigenvalue weighted by Gasteiger charge is 2.49. The van der Waals surface area contributed by atoms with E-state index in [0.717, 1.165) is 51.3 Å². The Labute approximate surface area is 125 Å². The standard InChI is InChI=1S/C17H22N2O2/c1-18-8-4-6-14(18)16(20)19-10-17(11-19)9-13-5-2-3-7-15(13)21-12-17/h2-3,5,7,14H,4,6,8-12H2,1H3/t14-/m0/s1. The van der Waals surface area contributed by atoms with Crippen LogP contribution in [0.1, 0.15) is 18.4 Å². The molecule has 21 heavy (non-hydrogen) atoms. The second kappa shape index (κ2) is 4.73. The fourth-order valence-corrected chi connectivity index (χ4v) is 4.03. The van der Waals surface area contributed by atoms with Gasteiger partial charge in [0.1, 0.15) is 5.75 Å². The number of likely N-dealkylation sites (tertiary alicyclic amines) is 2. The van der Waals surface area contributed by atoms with Gasteiger partial charge >= 0.3 is 0 Å². The third-order valence-electron chi connectivity index (χ3n) is 5.24. The number of carbonyl (C=O) groups is 1. The van der Waals surface area contributed by atoms with Crippen LogP contribution in [0.2, 0.25) is 0 Å². The highest BCUT2D eigenvalue weighted by Crippen LogP contribution is 2.41. The minimum Gasteiger partial charge on any atom is -0.493 e. The van der Waals surface area contributed by atoms with Crippen LogP contribution in [-0.4, -0.2) is 55.0 Å². The fraction of sp³-hybridized carbons (Fsp3) is 0.588. The molecule has 0 aromatic heterocycles. The highest BCUT2D eigenvalue weighted by molar-refractivity contribution is 5.83. The van der Waals surface area contributed by atoms with Gasteiger partial charge in [-0.2, -0.15) is 0 Å². The number of hydrogen-bond donors (Lipinski definition) is 0. The summed E-state index contributed by atoms with van der Waals surface area (Å²) in [5.74, 6) is 1.34. The summed E-state index contributed by atoms with van der Waals surface area (Å²) in [6, 6.07) is 8.38. The first kappa shape index (κ1) is 13.1. The summed E-state index contributed by atoms with van der Waals surface area (Å²) < 4.78 is 5.91. The van der Waals surface area contributed by atoms with E-state index in [9.17, 15) is 4.79 Å². The average Bonchev–Trinajstić information content (AvgIpc) is 2.89. The number of carbonyl (C=O) groups excluding carboxylic acids is 1. The first-order chi connectivity index (χ1) is 10.2. The summed E-state index contributed by atoms with van der Waals surface area (Å²) in [6.07, 6.45) is 3.19. The van der Waals surface area contributed by atoms with E-state index < -0.39 is 0 Å². The Morgan fingerprint density at radius 1 is 1.33 bits per heavy atom. The van der Waals surface area contributed by atoms with Gasteiger partial charge in [0, 0.05) is 18.5 Å². The largest absolute Gasteiger partial charge is 0.493 e. The van der Waals surface area contributed by atoms with Crippen molar-refractivity contribution in [2.45, 2.75) is 25.3 Å². The molecule has 1 spiro atoms. The molecule has 0 aliphatic carbocycles. The van der Waals surface area contributed by atoms with Crippen LogP contribution in [0.5, 0.6) is 5.75 Å². The van der Waals surface area contributed by atoms with Gasteiger partial charge in [-0.05, 0) is 44.5 Å². The van der Waals surface area contributed by atoms with E-state index in [1.54, 1.807) is 0 Å². The van der Waals surface area contributed by atoms with Gasteiger partial charge in [0.05, 0.1) is 12.6 Å². The molecular weight excluding hydrogens is 264 g/mol. The van der Waals surface area contributed by atoms with Crippen molar-refractivity contribution in [2.24, 2.45) is 5.41 Å². The van der Waals surface area contributed by atoms with Crippen molar-refractivity contribution in [1.82, 2.24) is 9.80 Å². The van der Waals surface area contributed by atoms with Crippen molar-refractivity contribution >= 4 is 5.91 Å². The molecule has 1 aromatic carbocycles. The quantitative estimate of drug-likeness (QED) is 0.785. The topological polar surface area (TPSA) is 32.8 Å². The van der Waals surface area contributed by atoms with Crippen molar-refractivity contribution in [1.29, 1.82) is 0 Å². The molecule has 0 N–H and O–H groups in total. The zero-order chi connectivity index (χ0) is 14.4. The van der Waals surface area contributed by atoms with Gasteiger partial charge in [0.15, 0.2) is 0 Å². The first-order valence-electron chi connectivity index (χ1n) is 7.87.